The van der Waals surface area contributed by atoms with E-state index < -0.39 is 5.97 Å². The van der Waals surface area contributed by atoms with Crippen molar-refractivity contribution in [1.82, 2.24) is 0 Å². The summed E-state index contributed by atoms with van der Waals surface area (Å²) in [5.41, 5.74) is 4.57. The van der Waals surface area contributed by atoms with Gasteiger partial charge < -0.3 is 21.1 Å². The second-order valence-electron chi connectivity index (χ2n) is 0.809. The topological polar surface area (TPSA) is 138 Å². The fourth-order valence-electron chi connectivity index (χ4n) is 0. The van der Waals surface area contributed by atoms with Gasteiger partial charge in [0.05, 0.1) is 6.54 Å². The van der Waals surface area contributed by atoms with Crippen LogP contribution in [0.2, 0.25) is 0 Å². The molecule has 0 saturated carbocycles. The van der Waals surface area contributed by atoms with Crippen LogP contribution in [0, 0.1) is 0 Å². The molecule has 0 saturated heterocycles. The third-order valence-corrected chi connectivity index (χ3v) is 0.175. The molecule has 0 aromatic carbocycles. The van der Waals surface area contributed by atoms with Gasteiger partial charge >= 0.3 is 5.97 Å². The van der Waals surface area contributed by atoms with Gasteiger partial charge in [-0.2, -0.15) is 0 Å². The third kappa shape index (κ3) is 2480. The average Bonchev–Trinajstić information content (AvgIpc) is 1.91. The molecule has 0 spiro atoms. The van der Waals surface area contributed by atoms with E-state index in [1.54, 1.807) is 0 Å². The Labute approximate surface area is 62.1 Å². The fraction of sp³-hybridized carbons (Fsp3) is 0.250. The first-order valence-electron chi connectivity index (χ1n) is 2.18. The summed E-state index contributed by atoms with van der Waals surface area (Å²) in [6.45, 7) is -0.778. The van der Waals surface area contributed by atoms with E-state index in [9.17, 15) is 4.79 Å². The monoisotopic (exact) mass is 167 g/mol. The van der Waals surface area contributed by atoms with E-state index in [2.05, 4.69) is 5.73 Å². The van der Waals surface area contributed by atoms with Gasteiger partial charge in [-0.05, 0) is 0 Å². The highest BCUT2D eigenvalue weighted by Crippen LogP contribution is 1.43. The SMILES string of the molecule is NCC(=O)O.O=CO.O=CO. The lowest BCUT2D eigenvalue weighted by Gasteiger charge is -1.73. The first kappa shape index (κ1) is 16.2. The molecule has 7 heteroatoms. The summed E-state index contributed by atoms with van der Waals surface area (Å²) < 4.78 is 0. The molecule has 0 unspecified atom stereocenters. The Morgan fingerprint density at radius 3 is 1.36 bits per heavy atom. The number of carboxylic acid groups (broad SMARTS) is 3. The number of rotatable bonds is 1. The van der Waals surface area contributed by atoms with Crippen molar-refractivity contribution in [2.24, 2.45) is 5.73 Å². The highest BCUT2D eigenvalue weighted by molar-refractivity contribution is 5.68. The van der Waals surface area contributed by atoms with Gasteiger partial charge in [0, 0.05) is 0 Å². The molecular formula is C4H9NO6. The van der Waals surface area contributed by atoms with Crippen LogP contribution in [-0.2, 0) is 14.4 Å². The maximum absolute atomic E-state index is 9.24. The summed E-state index contributed by atoms with van der Waals surface area (Å²) in [4.78, 5) is 26.0. The summed E-state index contributed by atoms with van der Waals surface area (Å²) in [5.74, 6) is -0.968. The van der Waals surface area contributed by atoms with Crippen LogP contribution in [0.1, 0.15) is 0 Å². The predicted molar refractivity (Wildman–Crippen MR) is 34.1 cm³/mol. The van der Waals surface area contributed by atoms with Crippen LogP contribution in [0.5, 0.6) is 0 Å². The minimum Gasteiger partial charge on any atom is -0.483 e. The molecule has 0 aliphatic rings. The Bertz CT molecular complexity index is 96.8. The highest BCUT2D eigenvalue weighted by Gasteiger charge is 1.81. The van der Waals surface area contributed by atoms with E-state index >= 15 is 0 Å². The number of hydrogen-bond acceptors (Lipinski definition) is 4. The maximum Gasteiger partial charge on any atom is 0.317 e. The van der Waals surface area contributed by atoms with Gasteiger partial charge in [-0.15, -0.1) is 0 Å². The van der Waals surface area contributed by atoms with Gasteiger partial charge in [0.25, 0.3) is 12.9 Å². The molecule has 0 aromatic heterocycles. The summed E-state index contributed by atoms with van der Waals surface area (Å²) in [7, 11) is 0. The summed E-state index contributed by atoms with van der Waals surface area (Å²) >= 11 is 0. The van der Waals surface area contributed by atoms with Crippen molar-refractivity contribution in [3.8, 4) is 0 Å². The van der Waals surface area contributed by atoms with Crippen molar-refractivity contribution in [1.29, 1.82) is 0 Å². The Kier molecular flexibility index (Phi) is 35.0. The van der Waals surface area contributed by atoms with Gasteiger partial charge in [-0.25, -0.2) is 0 Å². The molecule has 11 heavy (non-hydrogen) atoms. The second-order valence-corrected chi connectivity index (χ2v) is 0.809. The standard InChI is InChI=1S/C2H5NO2.2CH2O2/c3-1-2(4)5;2*2-1-3/h1,3H2,(H,4,5);2*1H,(H,2,3). The van der Waals surface area contributed by atoms with Crippen LogP contribution >= 0.6 is 0 Å². The van der Waals surface area contributed by atoms with Crippen LogP contribution in [0.4, 0.5) is 0 Å². The number of aliphatic carboxylic acids is 1. The average molecular weight is 167 g/mol. The van der Waals surface area contributed by atoms with Crippen molar-refractivity contribution >= 4 is 18.9 Å². The lowest BCUT2D eigenvalue weighted by Crippen LogP contribution is -2.10. The molecule has 0 aliphatic carbocycles. The quantitative estimate of drug-likeness (QED) is 0.346. The van der Waals surface area contributed by atoms with Crippen LogP contribution in [0.25, 0.3) is 0 Å². The molecule has 0 heterocycles. The highest BCUT2D eigenvalue weighted by atomic mass is 16.4. The maximum atomic E-state index is 9.24. The van der Waals surface area contributed by atoms with E-state index in [0.29, 0.717) is 0 Å². The van der Waals surface area contributed by atoms with Gasteiger partial charge in [0.2, 0.25) is 0 Å². The van der Waals surface area contributed by atoms with E-state index in [-0.39, 0.29) is 19.5 Å². The van der Waals surface area contributed by atoms with Crippen molar-refractivity contribution in [2.45, 2.75) is 0 Å². The second kappa shape index (κ2) is 23.8. The van der Waals surface area contributed by atoms with Crippen molar-refractivity contribution in [2.75, 3.05) is 6.54 Å². The Morgan fingerprint density at radius 2 is 1.36 bits per heavy atom. The number of nitrogens with two attached hydrogens (primary N) is 1. The molecule has 0 aromatic rings. The minimum absolute atomic E-state index is 0.250. The van der Waals surface area contributed by atoms with Crippen LogP contribution in [0.3, 0.4) is 0 Å². The zero-order valence-corrected chi connectivity index (χ0v) is 5.51. The number of carbonyl (C=O) groups is 3. The summed E-state index contributed by atoms with van der Waals surface area (Å²) in [5, 5.41) is 21.4. The molecule has 0 atom stereocenters. The van der Waals surface area contributed by atoms with Crippen LogP contribution < -0.4 is 5.73 Å². The minimum atomic E-state index is -0.968. The van der Waals surface area contributed by atoms with Crippen molar-refractivity contribution in [3.63, 3.8) is 0 Å². The van der Waals surface area contributed by atoms with E-state index in [1.165, 1.54) is 0 Å². The third-order valence-electron chi connectivity index (χ3n) is 0.175. The van der Waals surface area contributed by atoms with E-state index in [0.717, 1.165) is 0 Å². The first-order valence-corrected chi connectivity index (χ1v) is 2.18. The van der Waals surface area contributed by atoms with Crippen molar-refractivity contribution in [3.05, 3.63) is 0 Å². The lowest BCUT2D eigenvalue weighted by atomic mass is 10.7. The molecule has 0 fully saturated rings. The number of carboxylic acids is 1. The van der Waals surface area contributed by atoms with Crippen LogP contribution in [0.15, 0.2) is 0 Å². The molecule has 0 radical (unpaired) electrons. The molecule has 0 amide bonds. The normalized spacial score (nSPS) is 5.55. The molecule has 5 N–H and O–H groups in total. The number of hydrogen-bond donors (Lipinski definition) is 4. The van der Waals surface area contributed by atoms with Gasteiger partial charge in [0.1, 0.15) is 0 Å². The Hall–Kier alpha value is -1.63. The zero-order chi connectivity index (χ0) is 9.70. The lowest BCUT2D eigenvalue weighted by molar-refractivity contribution is -0.135. The van der Waals surface area contributed by atoms with Crippen molar-refractivity contribution < 1.29 is 29.7 Å². The molecular weight excluding hydrogens is 158 g/mol. The zero-order valence-electron chi connectivity index (χ0n) is 5.51. The van der Waals surface area contributed by atoms with E-state index in [1.807, 2.05) is 0 Å². The molecule has 0 aliphatic heterocycles. The molecule has 0 rings (SSSR count). The predicted octanol–water partition coefficient (Wildman–Crippen LogP) is -1.57. The van der Waals surface area contributed by atoms with Gasteiger partial charge in [-0.1, -0.05) is 0 Å². The van der Waals surface area contributed by atoms with E-state index in [4.69, 9.17) is 24.9 Å². The molecule has 0 bridgehead atoms. The molecule has 7 nitrogen and oxygen atoms in total. The largest absolute Gasteiger partial charge is 0.483 e. The first-order chi connectivity index (χ1) is 5.10. The Morgan fingerprint density at radius 1 is 1.27 bits per heavy atom. The summed E-state index contributed by atoms with van der Waals surface area (Å²) in [6, 6.07) is 0. The fourth-order valence-corrected chi connectivity index (χ4v) is 0. The smallest absolute Gasteiger partial charge is 0.317 e. The van der Waals surface area contributed by atoms with Gasteiger partial charge in [-0.3, -0.25) is 14.4 Å². The Balaban J connectivity index is -0.0000000933. The van der Waals surface area contributed by atoms with Crippen LogP contribution in [-0.4, -0.2) is 40.8 Å². The van der Waals surface area contributed by atoms with Gasteiger partial charge in [0.15, 0.2) is 0 Å². The molecule has 66 valence electrons. The summed E-state index contributed by atoms with van der Waals surface area (Å²) in [6.07, 6.45) is 0.